The minimum atomic E-state index is -0.311. The quantitative estimate of drug-likeness (QED) is 0.736. The first-order valence-corrected chi connectivity index (χ1v) is 5.21. The lowest BCUT2D eigenvalue weighted by molar-refractivity contribution is -0.143. The first-order chi connectivity index (χ1) is 7.77. The molecule has 0 heterocycles. The van der Waals surface area contributed by atoms with E-state index in [0.29, 0.717) is 13.0 Å². The number of methoxy groups -OCH3 is 1. The fourth-order valence-corrected chi connectivity index (χ4v) is 1.33. The third-order valence-corrected chi connectivity index (χ3v) is 2.25. The van der Waals surface area contributed by atoms with Gasteiger partial charge in [0, 0.05) is 6.42 Å². The first-order valence-electron chi connectivity index (χ1n) is 5.21. The molecule has 0 fully saturated rings. The second kappa shape index (κ2) is 6.85. The molecule has 1 aromatic rings. The Morgan fingerprint density at radius 2 is 2.06 bits per heavy atom. The Kier molecular flexibility index (Phi) is 5.36. The summed E-state index contributed by atoms with van der Waals surface area (Å²) in [6, 6.07) is 9.20. The third-order valence-electron chi connectivity index (χ3n) is 2.25. The van der Waals surface area contributed by atoms with E-state index in [9.17, 15) is 4.79 Å². The molecule has 88 valence electrons. The summed E-state index contributed by atoms with van der Waals surface area (Å²) in [6.45, 7) is 0.477. The standard InChI is InChI=1S/C12H17NO3/c1-13-11(12(14)15-2)8-9-16-10-6-4-3-5-7-10/h3-7,11,13H,8-9H2,1-2H3/t11-/m1/s1. The van der Waals surface area contributed by atoms with Crippen LogP contribution in [-0.4, -0.2) is 32.8 Å². The number of hydrogen-bond acceptors (Lipinski definition) is 4. The van der Waals surface area contributed by atoms with Crippen LogP contribution in [0.3, 0.4) is 0 Å². The van der Waals surface area contributed by atoms with Crippen LogP contribution >= 0.6 is 0 Å². The van der Waals surface area contributed by atoms with Crippen LogP contribution in [0, 0.1) is 0 Å². The Labute approximate surface area is 95.6 Å². The average Bonchev–Trinajstić information content (AvgIpc) is 2.35. The number of carbonyl (C=O) groups excluding carboxylic acids is 1. The smallest absolute Gasteiger partial charge is 0.322 e. The number of likely N-dealkylation sites (N-methyl/N-ethyl adjacent to an activating group) is 1. The summed E-state index contributed by atoms with van der Waals surface area (Å²) < 4.78 is 10.1. The molecule has 0 aliphatic carbocycles. The Morgan fingerprint density at radius 3 is 2.62 bits per heavy atom. The molecule has 0 bridgehead atoms. The fourth-order valence-electron chi connectivity index (χ4n) is 1.33. The van der Waals surface area contributed by atoms with Gasteiger partial charge in [-0.1, -0.05) is 18.2 Å². The Balaban J connectivity index is 2.31. The van der Waals surface area contributed by atoms with Gasteiger partial charge in [-0.3, -0.25) is 4.79 Å². The van der Waals surface area contributed by atoms with Gasteiger partial charge in [0.05, 0.1) is 13.7 Å². The minimum Gasteiger partial charge on any atom is -0.494 e. The van der Waals surface area contributed by atoms with E-state index in [-0.39, 0.29) is 12.0 Å². The van der Waals surface area contributed by atoms with E-state index in [1.807, 2.05) is 30.3 Å². The number of benzene rings is 1. The zero-order valence-electron chi connectivity index (χ0n) is 9.60. The van der Waals surface area contributed by atoms with E-state index in [1.165, 1.54) is 7.11 Å². The molecule has 0 saturated heterocycles. The zero-order chi connectivity index (χ0) is 11.8. The van der Waals surface area contributed by atoms with Crippen molar-refractivity contribution in [3.8, 4) is 5.75 Å². The van der Waals surface area contributed by atoms with Crippen molar-refractivity contribution in [1.29, 1.82) is 0 Å². The molecule has 0 amide bonds. The largest absolute Gasteiger partial charge is 0.494 e. The fraction of sp³-hybridized carbons (Fsp3) is 0.417. The molecule has 16 heavy (non-hydrogen) atoms. The Morgan fingerprint density at radius 1 is 1.38 bits per heavy atom. The van der Waals surface area contributed by atoms with Crippen molar-refractivity contribution in [2.24, 2.45) is 0 Å². The van der Waals surface area contributed by atoms with Crippen molar-refractivity contribution >= 4 is 5.97 Å². The molecule has 0 aromatic heterocycles. The van der Waals surface area contributed by atoms with Gasteiger partial charge in [0.1, 0.15) is 11.8 Å². The highest BCUT2D eigenvalue weighted by atomic mass is 16.5. The summed E-state index contributed by atoms with van der Waals surface area (Å²) in [6.07, 6.45) is 0.581. The predicted molar refractivity (Wildman–Crippen MR) is 61.4 cm³/mol. The van der Waals surface area contributed by atoms with E-state index < -0.39 is 0 Å². The van der Waals surface area contributed by atoms with Crippen molar-refractivity contribution in [3.05, 3.63) is 30.3 Å². The Hall–Kier alpha value is -1.55. The van der Waals surface area contributed by atoms with Gasteiger partial charge in [0.15, 0.2) is 0 Å². The van der Waals surface area contributed by atoms with Gasteiger partial charge in [-0.15, -0.1) is 0 Å². The highest BCUT2D eigenvalue weighted by Crippen LogP contribution is 2.09. The molecule has 1 N–H and O–H groups in total. The summed E-state index contributed by atoms with van der Waals surface area (Å²) in [7, 11) is 3.11. The lowest BCUT2D eigenvalue weighted by atomic mass is 10.2. The molecule has 1 rings (SSSR count). The lowest BCUT2D eigenvalue weighted by Crippen LogP contribution is -2.36. The molecule has 0 aliphatic rings. The van der Waals surface area contributed by atoms with Crippen LogP contribution in [0.25, 0.3) is 0 Å². The summed E-state index contributed by atoms with van der Waals surface area (Å²) in [5, 5.41) is 2.88. The number of carbonyl (C=O) groups is 1. The summed E-state index contributed by atoms with van der Waals surface area (Å²) in [5.41, 5.74) is 0. The molecular weight excluding hydrogens is 206 g/mol. The maximum atomic E-state index is 11.2. The molecule has 0 unspecified atom stereocenters. The van der Waals surface area contributed by atoms with Gasteiger partial charge in [0.25, 0.3) is 0 Å². The lowest BCUT2D eigenvalue weighted by Gasteiger charge is -2.13. The van der Waals surface area contributed by atoms with E-state index in [4.69, 9.17) is 4.74 Å². The molecular formula is C12H17NO3. The van der Waals surface area contributed by atoms with E-state index in [2.05, 4.69) is 10.1 Å². The van der Waals surface area contributed by atoms with Crippen LogP contribution in [0.15, 0.2) is 30.3 Å². The second-order valence-electron chi connectivity index (χ2n) is 3.31. The molecule has 1 atom stereocenters. The predicted octanol–water partition coefficient (Wildman–Crippen LogP) is 1.22. The average molecular weight is 223 g/mol. The van der Waals surface area contributed by atoms with Crippen LogP contribution in [0.1, 0.15) is 6.42 Å². The van der Waals surface area contributed by atoms with Gasteiger partial charge in [-0.2, -0.15) is 0 Å². The van der Waals surface area contributed by atoms with Crippen molar-refractivity contribution in [2.75, 3.05) is 20.8 Å². The summed E-state index contributed by atoms with van der Waals surface area (Å²) in [4.78, 5) is 11.2. The van der Waals surface area contributed by atoms with Crippen LogP contribution in [0.2, 0.25) is 0 Å². The van der Waals surface area contributed by atoms with Crippen LogP contribution < -0.4 is 10.1 Å². The van der Waals surface area contributed by atoms with E-state index in [0.717, 1.165) is 5.75 Å². The Bertz CT molecular complexity index is 313. The van der Waals surface area contributed by atoms with Gasteiger partial charge >= 0.3 is 5.97 Å². The molecule has 0 aliphatic heterocycles. The van der Waals surface area contributed by atoms with Gasteiger partial charge in [0.2, 0.25) is 0 Å². The summed E-state index contributed by atoms with van der Waals surface area (Å²) >= 11 is 0. The SMILES string of the molecule is CN[C@H](CCOc1ccccc1)C(=O)OC. The number of ether oxygens (including phenoxy) is 2. The molecule has 4 heteroatoms. The number of rotatable bonds is 6. The first kappa shape index (κ1) is 12.5. The highest BCUT2D eigenvalue weighted by molar-refractivity contribution is 5.75. The third kappa shape index (κ3) is 3.90. The molecule has 1 aromatic carbocycles. The maximum Gasteiger partial charge on any atom is 0.322 e. The number of esters is 1. The minimum absolute atomic E-state index is 0.265. The van der Waals surface area contributed by atoms with Gasteiger partial charge in [-0.25, -0.2) is 0 Å². The van der Waals surface area contributed by atoms with Crippen molar-refractivity contribution < 1.29 is 14.3 Å². The molecule has 0 spiro atoms. The van der Waals surface area contributed by atoms with E-state index in [1.54, 1.807) is 7.05 Å². The van der Waals surface area contributed by atoms with Crippen molar-refractivity contribution in [1.82, 2.24) is 5.32 Å². The second-order valence-corrected chi connectivity index (χ2v) is 3.31. The number of nitrogens with one attached hydrogen (secondary N) is 1. The van der Waals surface area contributed by atoms with Gasteiger partial charge in [-0.05, 0) is 19.2 Å². The molecule has 4 nitrogen and oxygen atoms in total. The number of hydrogen-bond donors (Lipinski definition) is 1. The molecule has 0 saturated carbocycles. The van der Waals surface area contributed by atoms with Gasteiger partial charge < -0.3 is 14.8 Å². The van der Waals surface area contributed by atoms with Crippen LogP contribution in [0.4, 0.5) is 0 Å². The normalized spacial score (nSPS) is 11.9. The van der Waals surface area contributed by atoms with Crippen LogP contribution in [-0.2, 0) is 9.53 Å². The monoisotopic (exact) mass is 223 g/mol. The summed E-state index contributed by atoms with van der Waals surface area (Å²) in [5.74, 6) is 0.543. The van der Waals surface area contributed by atoms with E-state index >= 15 is 0 Å². The van der Waals surface area contributed by atoms with Crippen LogP contribution in [0.5, 0.6) is 5.75 Å². The molecule has 0 radical (unpaired) electrons. The van der Waals surface area contributed by atoms with Crippen molar-refractivity contribution in [3.63, 3.8) is 0 Å². The highest BCUT2D eigenvalue weighted by Gasteiger charge is 2.16. The number of para-hydroxylation sites is 1. The van der Waals surface area contributed by atoms with Crippen molar-refractivity contribution in [2.45, 2.75) is 12.5 Å². The topological polar surface area (TPSA) is 47.6 Å². The zero-order valence-corrected chi connectivity index (χ0v) is 9.60. The maximum absolute atomic E-state index is 11.2.